The van der Waals surface area contributed by atoms with E-state index in [1.807, 2.05) is 41.3 Å². The van der Waals surface area contributed by atoms with E-state index in [1.165, 1.54) is 0 Å². The molecule has 1 aliphatic heterocycles. The molecule has 0 N–H and O–H groups in total. The van der Waals surface area contributed by atoms with Crippen molar-refractivity contribution >= 4 is 33.6 Å². The van der Waals surface area contributed by atoms with Crippen LogP contribution in [-0.2, 0) is 0 Å². The number of pyridine rings is 1. The lowest BCUT2D eigenvalue weighted by Gasteiger charge is -2.24. The van der Waals surface area contributed by atoms with Crippen molar-refractivity contribution in [3.63, 3.8) is 0 Å². The maximum atomic E-state index is 12.6. The Balaban J connectivity index is 1.85. The van der Waals surface area contributed by atoms with Gasteiger partial charge in [0.2, 0.25) is 0 Å². The van der Waals surface area contributed by atoms with Gasteiger partial charge in [0, 0.05) is 34.7 Å². The van der Waals surface area contributed by atoms with Crippen molar-refractivity contribution in [3.8, 4) is 0 Å². The average Bonchev–Trinajstić information content (AvgIpc) is 2.97. The van der Waals surface area contributed by atoms with Crippen molar-refractivity contribution in [3.05, 3.63) is 64.4 Å². The molecule has 1 unspecified atom stereocenters. The predicted octanol–water partition coefficient (Wildman–Crippen LogP) is 3.73. The minimum atomic E-state index is 0.0873. The van der Waals surface area contributed by atoms with Crippen LogP contribution in [0.1, 0.15) is 21.3 Å². The first-order chi connectivity index (χ1) is 9.75. The van der Waals surface area contributed by atoms with Crippen LogP contribution in [0, 0.1) is 0 Å². The highest BCUT2D eigenvalue weighted by atomic mass is 79.9. The summed E-state index contributed by atoms with van der Waals surface area (Å²) in [4.78, 5) is 18.6. The molecule has 0 spiro atoms. The second-order valence-electron chi connectivity index (χ2n) is 4.51. The third-order valence-electron chi connectivity index (χ3n) is 3.23. The van der Waals surface area contributed by atoms with E-state index in [0.717, 1.165) is 27.9 Å². The van der Waals surface area contributed by atoms with Gasteiger partial charge in [0.1, 0.15) is 5.37 Å². The quantitative estimate of drug-likeness (QED) is 0.828. The molecule has 0 aliphatic carbocycles. The summed E-state index contributed by atoms with van der Waals surface area (Å²) in [6.07, 6.45) is 3.55. The van der Waals surface area contributed by atoms with Crippen molar-refractivity contribution in [2.75, 3.05) is 12.3 Å². The predicted molar refractivity (Wildman–Crippen MR) is 84.6 cm³/mol. The van der Waals surface area contributed by atoms with Gasteiger partial charge in [-0.25, -0.2) is 0 Å². The van der Waals surface area contributed by atoms with Crippen LogP contribution < -0.4 is 0 Å². The summed E-state index contributed by atoms with van der Waals surface area (Å²) in [6.45, 7) is 0.784. The molecule has 0 bridgehead atoms. The molecule has 20 heavy (non-hydrogen) atoms. The first kappa shape index (κ1) is 13.6. The second-order valence-corrected chi connectivity index (χ2v) is 6.61. The number of amides is 1. The van der Waals surface area contributed by atoms with Gasteiger partial charge in [-0.05, 0) is 42.0 Å². The number of thioether (sulfide) groups is 1. The average molecular weight is 349 g/mol. The summed E-state index contributed by atoms with van der Waals surface area (Å²) in [6, 6.07) is 11.5. The standard InChI is InChI=1S/C15H13BrN2OS/c16-13-3-1-11(2-4-13)14(19)18-9-10-20-15(18)12-5-7-17-8-6-12/h1-8,15H,9-10H2. The lowest BCUT2D eigenvalue weighted by atomic mass is 10.1. The van der Waals surface area contributed by atoms with E-state index in [2.05, 4.69) is 20.9 Å². The van der Waals surface area contributed by atoms with Gasteiger partial charge in [0.05, 0.1) is 0 Å². The molecule has 2 aromatic rings. The fraction of sp³-hybridized carbons (Fsp3) is 0.200. The summed E-state index contributed by atoms with van der Waals surface area (Å²) >= 11 is 5.19. The van der Waals surface area contributed by atoms with Crippen LogP contribution in [0.15, 0.2) is 53.3 Å². The lowest BCUT2D eigenvalue weighted by Crippen LogP contribution is -2.30. The van der Waals surface area contributed by atoms with E-state index in [4.69, 9.17) is 0 Å². The molecule has 1 atom stereocenters. The Labute approximate surface area is 130 Å². The maximum absolute atomic E-state index is 12.6. The Hall–Kier alpha value is -1.33. The molecule has 1 aliphatic rings. The number of rotatable bonds is 2. The highest BCUT2D eigenvalue weighted by Gasteiger charge is 2.31. The van der Waals surface area contributed by atoms with E-state index in [0.29, 0.717) is 0 Å². The van der Waals surface area contributed by atoms with Crippen LogP contribution >= 0.6 is 27.7 Å². The lowest BCUT2D eigenvalue weighted by molar-refractivity contribution is 0.0760. The Morgan fingerprint density at radius 1 is 1.20 bits per heavy atom. The number of halogens is 1. The zero-order valence-electron chi connectivity index (χ0n) is 10.7. The molecule has 1 aromatic heterocycles. The van der Waals surface area contributed by atoms with Gasteiger partial charge in [-0.1, -0.05) is 15.9 Å². The Bertz CT molecular complexity index is 603. The summed E-state index contributed by atoms with van der Waals surface area (Å²) < 4.78 is 0.982. The van der Waals surface area contributed by atoms with Gasteiger partial charge in [0.15, 0.2) is 0 Å². The molecule has 5 heteroatoms. The molecular weight excluding hydrogens is 336 g/mol. The van der Waals surface area contributed by atoms with Gasteiger partial charge < -0.3 is 4.90 Å². The third-order valence-corrected chi connectivity index (χ3v) is 5.02. The van der Waals surface area contributed by atoms with Crippen molar-refractivity contribution in [2.24, 2.45) is 0 Å². The highest BCUT2D eigenvalue weighted by molar-refractivity contribution is 9.10. The first-order valence-corrected chi connectivity index (χ1v) is 8.18. The van der Waals surface area contributed by atoms with E-state index >= 15 is 0 Å². The third kappa shape index (κ3) is 2.74. The molecular formula is C15H13BrN2OS. The minimum absolute atomic E-state index is 0.0873. The molecule has 3 nitrogen and oxygen atoms in total. The number of nitrogens with zero attached hydrogens (tertiary/aromatic N) is 2. The minimum Gasteiger partial charge on any atom is -0.322 e. The van der Waals surface area contributed by atoms with Gasteiger partial charge >= 0.3 is 0 Å². The smallest absolute Gasteiger partial charge is 0.255 e. The summed E-state index contributed by atoms with van der Waals surface area (Å²) in [7, 11) is 0. The molecule has 1 fully saturated rings. The number of aromatic nitrogens is 1. The molecule has 3 rings (SSSR count). The molecule has 0 radical (unpaired) electrons. The van der Waals surface area contributed by atoms with E-state index < -0.39 is 0 Å². The summed E-state index contributed by atoms with van der Waals surface area (Å²) in [5.41, 5.74) is 1.86. The molecule has 102 valence electrons. The molecule has 1 amide bonds. The van der Waals surface area contributed by atoms with Crippen LogP contribution in [0.25, 0.3) is 0 Å². The van der Waals surface area contributed by atoms with Crippen molar-refractivity contribution in [1.29, 1.82) is 0 Å². The Morgan fingerprint density at radius 3 is 2.60 bits per heavy atom. The van der Waals surface area contributed by atoms with Crippen molar-refractivity contribution in [1.82, 2.24) is 9.88 Å². The number of hydrogen-bond acceptors (Lipinski definition) is 3. The van der Waals surface area contributed by atoms with Crippen LogP contribution in [0.4, 0.5) is 0 Å². The Morgan fingerprint density at radius 2 is 1.90 bits per heavy atom. The SMILES string of the molecule is O=C(c1ccc(Br)cc1)N1CCSC1c1ccncc1. The van der Waals surface area contributed by atoms with E-state index in [9.17, 15) is 4.79 Å². The monoisotopic (exact) mass is 348 g/mol. The van der Waals surface area contributed by atoms with Crippen LogP contribution in [-0.4, -0.2) is 28.1 Å². The van der Waals surface area contributed by atoms with E-state index in [1.54, 1.807) is 24.2 Å². The Kier molecular flexibility index (Phi) is 4.08. The molecule has 1 aromatic carbocycles. The normalized spacial score (nSPS) is 18.2. The molecule has 1 saturated heterocycles. The first-order valence-electron chi connectivity index (χ1n) is 6.34. The number of hydrogen-bond donors (Lipinski definition) is 0. The van der Waals surface area contributed by atoms with Gasteiger partial charge in [-0.15, -0.1) is 11.8 Å². The summed E-state index contributed by atoms with van der Waals surface area (Å²) in [5, 5.41) is 0.0918. The molecule has 2 heterocycles. The fourth-order valence-electron chi connectivity index (χ4n) is 2.24. The van der Waals surface area contributed by atoms with Gasteiger partial charge in [0.25, 0.3) is 5.91 Å². The fourth-order valence-corrected chi connectivity index (χ4v) is 3.76. The second kappa shape index (κ2) is 5.97. The van der Waals surface area contributed by atoms with Crippen molar-refractivity contribution in [2.45, 2.75) is 5.37 Å². The zero-order valence-corrected chi connectivity index (χ0v) is 13.1. The maximum Gasteiger partial charge on any atom is 0.255 e. The van der Waals surface area contributed by atoms with Crippen LogP contribution in [0.5, 0.6) is 0 Å². The number of carbonyl (C=O) groups is 1. The zero-order chi connectivity index (χ0) is 13.9. The number of benzene rings is 1. The van der Waals surface area contributed by atoms with Crippen LogP contribution in [0.2, 0.25) is 0 Å². The van der Waals surface area contributed by atoms with Crippen molar-refractivity contribution < 1.29 is 4.79 Å². The molecule has 0 saturated carbocycles. The van der Waals surface area contributed by atoms with Crippen LogP contribution in [0.3, 0.4) is 0 Å². The number of carbonyl (C=O) groups excluding carboxylic acids is 1. The summed E-state index contributed by atoms with van der Waals surface area (Å²) in [5.74, 6) is 1.05. The van der Waals surface area contributed by atoms with E-state index in [-0.39, 0.29) is 11.3 Å². The highest BCUT2D eigenvalue weighted by Crippen LogP contribution is 2.38. The largest absolute Gasteiger partial charge is 0.322 e. The van der Waals surface area contributed by atoms with Gasteiger partial charge in [-0.3, -0.25) is 9.78 Å². The topological polar surface area (TPSA) is 33.2 Å². The van der Waals surface area contributed by atoms with Gasteiger partial charge in [-0.2, -0.15) is 0 Å².